The highest BCUT2D eigenvalue weighted by molar-refractivity contribution is 9.10. The smallest absolute Gasteiger partial charge is 0.258 e. The fourth-order valence-corrected chi connectivity index (χ4v) is 2.26. The number of ether oxygens (including phenoxy) is 2. The second-order valence-corrected chi connectivity index (χ2v) is 5.70. The molecule has 1 atom stereocenters. The summed E-state index contributed by atoms with van der Waals surface area (Å²) in [5, 5.41) is 2.90. The topological polar surface area (TPSA) is 47.6 Å². The maximum Gasteiger partial charge on any atom is 0.258 e. The van der Waals surface area contributed by atoms with Crippen molar-refractivity contribution < 1.29 is 14.3 Å². The van der Waals surface area contributed by atoms with Crippen LogP contribution in [-0.2, 0) is 4.79 Å². The number of methoxy groups -OCH3 is 1. The van der Waals surface area contributed by atoms with E-state index >= 15 is 0 Å². The van der Waals surface area contributed by atoms with E-state index in [0.29, 0.717) is 11.5 Å². The van der Waals surface area contributed by atoms with Gasteiger partial charge in [-0.3, -0.25) is 4.79 Å². The quantitative estimate of drug-likeness (QED) is 0.850. The van der Waals surface area contributed by atoms with Crippen molar-refractivity contribution in [3.8, 4) is 11.5 Å². The summed E-state index contributed by atoms with van der Waals surface area (Å²) in [6.07, 6.45) is 0. The maximum absolute atomic E-state index is 12.0. The molecule has 0 unspecified atom stereocenters. The molecule has 0 aliphatic rings. The minimum absolute atomic E-state index is 0.0543. The molecule has 0 fully saturated rings. The molecule has 116 valence electrons. The number of hydrogen-bond acceptors (Lipinski definition) is 3. The molecule has 1 N–H and O–H groups in total. The highest BCUT2D eigenvalue weighted by Gasteiger charge is 2.11. The highest BCUT2D eigenvalue weighted by Crippen LogP contribution is 2.25. The molecule has 1 amide bonds. The van der Waals surface area contributed by atoms with Crippen molar-refractivity contribution in [2.75, 3.05) is 13.7 Å². The van der Waals surface area contributed by atoms with E-state index in [1.54, 1.807) is 19.2 Å². The number of halogens is 1. The highest BCUT2D eigenvalue weighted by atomic mass is 79.9. The zero-order chi connectivity index (χ0) is 15.9. The molecule has 0 saturated heterocycles. The second-order valence-electron chi connectivity index (χ2n) is 4.78. The third-order valence-corrected chi connectivity index (χ3v) is 3.70. The minimum atomic E-state index is -0.179. The van der Waals surface area contributed by atoms with Gasteiger partial charge in [0.1, 0.15) is 0 Å². The van der Waals surface area contributed by atoms with Crippen molar-refractivity contribution in [2.24, 2.45) is 0 Å². The van der Waals surface area contributed by atoms with Gasteiger partial charge in [-0.2, -0.15) is 0 Å². The summed E-state index contributed by atoms with van der Waals surface area (Å²) >= 11 is 3.39. The summed E-state index contributed by atoms with van der Waals surface area (Å²) in [5.74, 6) is 0.981. The first-order valence-electron chi connectivity index (χ1n) is 6.91. The van der Waals surface area contributed by atoms with Crippen LogP contribution in [0.3, 0.4) is 0 Å². The van der Waals surface area contributed by atoms with Crippen LogP contribution in [0, 0.1) is 0 Å². The first kappa shape index (κ1) is 16.4. The third kappa shape index (κ3) is 4.49. The van der Waals surface area contributed by atoms with Gasteiger partial charge in [0.05, 0.1) is 13.2 Å². The maximum atomic E-state index is 12.0. The van der Waals surface area contributed by atoms with Gasteiger partial charge in [-0.1, -0.05) is 40.2 Å². The Bertz CT molecular complexity index is 628. The first-order chi connectivity index (χ1) is 10.6. The molecule has 0 heterocycles. The summed E-state index contributed by atoms with van der Waals surface area (Å²) in [6, 6.07) is 15.0. The predicted molar refractivity (Wildman–Crippen MR) is 89.2 cm³/mol. The number of carbonyl (C=O) groups is 1. The summed E-state index contributed by atoms with van der Waals surface area (Å²) in [7, 11) is 1.57. The molecule has 2 aromatic rings. The number of carbonyl (C=O) groups excluding carboxylic acids is 1. The monoisotopic (exact) mass is 363 g/mol. The van der Waals surface area contributed by atoms with Gasteiger partial charge in [0.2, 0.25) is 0 Å². The zero-order valence-electron chi connectivity index (χ0n) is 12.5. The van der Waals surface area contributed by atoms with Gasteiger partial charge in [-0.25, -0.2) is 0 Å². The Kier molecular flexibility index (Phi) is 5.83. The second kappa shape index (κ2) is 7.84. The van der Waals surface area contributed by atoms with Crippen LogP contribution >= 0.6 is 15.9 Å². The molecule has 0 bridgehead atoms. The SMILES string of the molecule is COc1ccccc1OCC(=O)N[C@H](C)c1ccc(Br)cc1. The lowest BCUT2D eigenvalue weighted by atomic mass is 10.1. The number of nitrogens with one attached hydrogen (secondary N) is 1. The lowest BCUT2D eigenvalue weighted by molar-refractivity contribution is -0.123. The molecule has 0 aliphatic heterocycles. The van der Waals surface area contributed by atoms with Crippen LogP contribution in [0.15, 0.2) is 53.0 Å². The van der Waals surface area contributed by atoms with Gasteiger partial charge in [0.15, 0.2) is 18.1 Å². The van der Waals surface area contributed by atoms with Gasteiger partial charge in [-0.05, 0) is 36.8 Å². The van der Waals surface area contributed by atoms with Crippen LogP contribution in [0.2, 0.25) is 0 Å². The summed E-state index contributed by atoms with van der Waals surface area (Å²) in [5.41, 5.74) is 1.04. The van der Waals surface area contributed by atoms with Crippen LogP contribution in [0.4, 0.5) is 0 Å². The van der Waals surface area contributed by atoms with Crippen molar-refractivity contribution in [3.05, 3.63) is 58.6 Å². The molecular formula is C17H18BrNO3. The van der Waals surface area contributed by atoms with Crippen molar-refractivity contribution in [1.29, 1.82) is 0 Å². The fourth-order valence-electron chi connectivity index (χ4n) is 2.00. The minimum Gasteiger partial charge on any atom is -0.493 e. The molecule has 0 radical (unpaired) electrons. The molecule has 0 spiro atoms. The van der Waals surface area contributed by atoms with Crippen molar-refractivity contribution in [3.63, 3.8) is 0 Å². The normalized spacial score (nSPS) is 11.6. The third-order valence-electron chi connectivity index (χ3n) is 3.18. The standard InChI is InChI=1S/C17H18BrNO3/c1-12(13-7-9-14(18)10-8-13)19-17(20)11-22-16-6-4-3-5-15(16)21-2/h3-10,12H,11H2,1-2H3,(H,19,20)/t12-/m1/s1. The van der Waals surface area contributed by atoms with Crippen molar-refractivity contribution in [2.45, 2.75) is 13.0 Å². The Labute approximate surface area is 138 Å². The average molecular weight is 364 g/mol. The lowest BCUT2D eigenvalue weighted by Crippen LogP contribution is -2.31. The average Bonchev–Trinajstić information content (AvgIpc) is 2.53. The molecule has 0 aromatic heterocycles. The van der Waals surface area contributed by atoms with Gasteiger partial charge in [-0.15, -0.1) is 0 Å². The Morgan fingerprint density at radius 1 is 1.14 bits per heavy atom. The lowest BCUT2D eigenvalue weighted by Gasteiger charge is -2.15. The van der Waals surface area contributed by atoms with Crippen LogP contribution in [0.25, 0.3) is 0 Å². The number of benzene rings is 2. The summed E-state index contributed by atoms with van der Waals surface area (Å²) in [6.45, 7) is 1.88. The number of amides is 1. The predicted octanol–water partition coefficient (Wildman–Crippen LogP) is 3.71. The molecule has 2 rings (SSSR count). The molecule has 4 nitrogen and oxygen atoms in total. The van der Waals surface area contributed by atoms with Crippen molar-refractivity contribution in [1.82, 2.24) is 5.32 Å². The Morgan fingerprint density at radius 3 is 2.41 bits per heavy atom. The van der Waals surface area contributed by atoms with E-state index in [1.165, 1.54) is 0 Å². The van der Waals surface area contributed by atoms with Crippen LogP contribution < -0.4 is 14.8 Å². The first-order valence-corrected chi connectivity index (χ1v) is 7.70. The van der Waals surface area contributed by atoms with Gasteiger partial charge in [0, 0.05) is 4.47 Å². The van der Waals surface area contributed by atoms with E-state index in [9.17, 15) is 4.79 Å². The van der Waals surface area contributed by atoms with Crippen molar-refractivity contribution >= 4 is 21.8 Å². The van der Waals surface area contributed by atoms with Gasteiger partial charge >= 0.3 is 0 Å². The molecule has 0 aliphatic carbocycles. The Hall–Kier alpha value is -2.01. The molecule has 2 aromatic carbocycles. The fraction of sp³-hybridized carbons (Fsp3) is 0.235. The molecule has 0 saturated carbocycles. The van der Waals surface area contributed by atoms with E-state index in [0.717, 1.165) is 10.0 Å². The van der Waals surface area contributed by atoms with E-state index < -0.39 is 0 Å². The van der Waals surface area contributed by atoms with E-state index in [1.807, 2.05) is 43.3 Å². The molecule has 22 heavy (non-hydrogen) atoms. The number of para-hydroxylation sites is 2. The van der Waals surface area contributed by atoms with Gasteiger partial charge in [0.25, 0.3) is 5.91 Å². The van der Waals surface area contributed by atoms with Crippen LogP contribution in [0.1, 0.15) is 18.5 Å². The van der Waals surface area contributed by atoms with E-state index in [-0.39, 0.29) is 18.6 Å². The van der Waals surface area contributed by atoms with E-state index in [2.05, 4.69) is 21.2 Å². The molecule has 5 heteroatoms. The summed E-state index contributed by atoms with van der Waals surface area (Å²) < 4.78 is 11.7. The van der Waals surface area contributed by atoms with Crippen LogP contribution in [-0.4, -0.2) is 19.6 Å². The van der Waals surface area contributed by atoms with Gasteiger partial charge < -0.3 is 14.8 Å². The van der Waals surface area contributed by atoms with E-state index in [4.69, 9.17) is 9.47 Å². The number of rotatable bonds is 6. The number of hydrogen-bond donors (Lipinski definition) is 1. The molecular weight excluding hydrogens is 346 g/mol. The Balaban J connectivity index is 1.88. The zero-order valence-corrected chi connectivity index (χ0v) is 14.1. The Morgan fingerprint density at radius 2 is 1.77 bits per heavy atom. The largest absolute Gasteiger partial charge is 0.493 e. The summed E-state index contributed by atoms with van der Waals surface area (Å²) in [4.78, 5) is 12.0. The van der Waals surface area contributed by atoms with Crippen LogP contribution in [0.5, 0.6) is 11.5 Å².